The zero-order valence-corrected chi connectivity index (χ0v) is 12.4. The number of phenols is 1. The molecule has 0 unspecified atom stereocenters. The van der Waals surface area contributed by atoms with Crippen LogP contribution >= 0.6 is 0 Å². The minimum atomic E-state index is -3.55. The average molecular weight is 320 g/mol. The van der Waals surface area contributed by atoms with Gasteiger partial charge in [0.2, 0.25) is 11.6 Å². The second kappa shape index (κ2) is 6.75. The number of hydrogen-bond donors (Lipinski definition) is 1. The van der Waals surface area contributed by atoms with Crippen molar-refractivity contribution in [2.75, 3.05) is 0 Å². The van der Waals surface area contributed by atoms with E-state index in [0.29, 0.717) is 31.6 Å². The molecule has 0 aliphatic heterocycles. The molecule has 0 spiro atoms. The molecule has 2 rings (SSSR count). The van der Waals surface area contributed by atoms with Gasteiger partial charge in [0, 0.05) is 0 Å². The lowest BCUT2D eigenvalue weighted by molar-refractivity contribution is -0.224. The Morgan fingerprint density at radius 3 is 2.36 bits per heavy atom. The summed E-state index contributed by atoms with van der Waals surface area (Å²) in [5.74, 6) is -5.54. The highest BCUT2D eigenvalue weighted by molar-refractivity contribution is 5.34. The smallest absolute Gasteiger partial charge is 0.400 e. The molecule has 1 fully saturated rings. The van der Waals surface area contributed by atoms with Gasteiger partial charge in [-0.2, -0.15) is 17.6 Å². The molecule has 124 valence electrons. The molecular weight excluding hydrogens is 300 g/mol. The lowest BCUT2D eigenvalue weighted by Crippen LogP contribution is -2.37. The van der Waals surface area contributed by atoms with E-state index in [9.17, 15) is 17.6 Å². The van der Waals surface area contributed by atoms with E-state index in [4.69, 9.17) is 5.11 Å². The maximum atomic E-state index is 14.1. The van der Waals surface area contributed by atoms with Gasteiger partial charge in [0.05, 0.1) is 5.92 Å². The van der Waals surface area contributed by atoms with Gasteiger partial charge in [0.25, 0.3) is 0 Å². The second-order valence-corrected chi connectivity index (χ2v) is 5.88. The van der Waals surface area contributed by atoms with Gasteiger partial charge >= 0.3 is 6.11 Å². The van der Waals surface area contributed by atoms with Crippen LogP contribution in [0.2, 0.25) is 0 Å². The Hall–Kier alpha value is -1.46. The third-order valence-corrected chi connectivity index (χ3v) is 4.29. The normalized spacial score (nSPS) is 22.6. The van der Waals surface area contributed by atoms with Crippen LogP contribution in [0.1, 0.15) is 45.4 Å². The van der Waals surface area contributed by atoms with Crippen molar-refractivity contribution in [3.63, 3.8) is 0 Å². The summed E-state index contributed by atoms with van der Waals surface area (Å²) in [5.41, 5.74) is 0. The molecule has 6 heteroatoms. The van der Waals surface area contributed by atoms with Crippen LogP contribution in [0.3, 0.4) is 0 Å². The van der Waals surface area contributed by atoms with Crippen LogP contribution in [0.5, 0.6) is 11.5 Å². The molecule has 0 heterocycles. The summed E-state index contributed by atoms with van der Waals surface area (Å²) in [5, 5.41) is 8.99. The second-order valence-electron chi connectivity index (χ2n) is 5.88. The molecule has 1 N–H and O–H groups in total. The zero-order valence-electron chi connectivity index (χ0n) is 12.4. The fourth-order valence-corrected chi connectivity index (χ4v) is 3.03. The fraction of sp³-hybridized carbons (Fsp3) is 0.625. The average Bonchev–Trinajstić information content (AvgIpc) is 2.49. The van der Waals surface area contributed by atoms with Gasteiger partial charge in [-0.1, -0.05) is 19.8 Å². The predicted octanol–water partition coefficient (Wildman–Crippen LogP) is 5.25. The molecular formula is C16H20F4O2. The summed E-state index contributed by atoms with van der Waals surface area (Å²) in [7, 11) is 0. The maximum Gasteiger partial charge on any atom is 0.400 e. The van der Waals surface area contributed by atoms with Gasteiger partial charge in [-0.05, 0) is 43.7 Å². The molecule has 0 radical (unpaired) electrons. The Kier molecular flexibility index (Phi) is 5.19. The largest absolute Gasteiger partial charge is 0.505 e. The fourth-order valence-electron chi connectivity index (χ4n) is 3.03. The van der Waals surface area contributed by atoms with E-state index in [2.05, 4.69) is 11.7 Å². The summed E-state index contributed by atoms with van der Waals surface area (Å²) in [6, 6.07) is 1.60. The molecule has 0 aromatic heterocycles. The lowest BCUT2D eigenvalue weighted by Gasteiger charge is -2.33. The predicted molar refractivity (Wildman–Crippen MR) is 74.0 cm³/mol. The molecule has 0 atom stereocenters. The van der Waals surface area contributed by atoms with Crippen molar-refractivity contribution in [3.8, 4) is 11.5 Å². The number of halogens is 4. The highest BCUT2D eigenvalue weighted by Crippen LogP contribution is 2.42. The van der Waals surface area contributed by atoms with E-state index in [-0.39, 0.29) is 0 Å². The summed E-state index contributed by atoms with van der Waals surface area (Å²) >= 11 is 0. The first-order valence-corrected chi connectivity index (χ1v) is 7.59. The summed E-state index contributed by atoms with van der Waals surface area (Å²) in [4.78, 5) is 0. The Morgan fingerprint density at radius 1 is 1.14 bits per heavy atom. The Bertz CT molecular complexity index is 511. The van der Waals surface area contributed by atoms with Crippen LogP contribution in [-0.2, 0) is 0 Å². The van der Waals surface area contributed by atoms with Gasteiger partial charge in [0.1, 0.15) is 0 Å². The van der Waals surface area contributed by atoms with Crippen molar-refractivity contribution in [1.29, 1.82) is 0 Å². The standard InChI is InChI=1S/C16H20F4O2/c1-2-3-10-4-6-11(7-5-10)16(19,20)22-13-9-8-12(21)14(17)15(13)18/h8-11,21H,2-7H2,1H3. The monoisotopic (exact) mass is 320 g/mol. The first-order valence-electron chi connectivity index (χ1n) is 7.59. The first-order chi connectivity index (χ1) is 10.3. The number of alkyl halides is 2. The van der Waals surface area contributed by atoms with Crippen molar-refractivity contribution >= 4 is 0 Å². The maximum absolute atomic E-state index is 14.1. The minimum absolute atomic E-state index is 0.305. The number of phenolic OH excluding ortho intramolecular Hbond substituents is 1. The zero-order chi connectivity index (χ0) is 16.3. The van der Waals surface area contributed by atoms with Crippen LogP contribution in [0.4, 0.5) is 17.6 Å². The lowest BCUT2D eigenvalue weighted by atomic mass is 9.79. The Balaban J connectivity index is 2.04. The van der Waals surface area contributed by atoms with E-state index < -0.39 is 35.2 Å². The van der Waals surface area contributed by atoms with Gasteiger partial charge in [-0.15, -0.1) is 0 Å². The van der Waals surface area contributed by atoms with Crippen molar-refractivity contribution in [2.24, 2.45) is 11.8 Å². The molecule has 22 heavy (non-hydrogen) atoms. The third kappa shape index (κ3) is 3.65. The van der Waals surface area contributed by atoms with E-state index in [1.54, 1.807) is 0 Å². The van der Waals surface area contributed by atoms with Crippen molar-refractivity contribution in [3.05, 3.63) is 23.8 Å². The Morgan fingerprint density at radius 2 is 1.77 bits per heavy atom. The third-order valence-electron chi connectivity index (χ3n) is 4.29. The summed E-state index contributed by atoms with van der Waals surface area (Å²) < 4.78 is 59.5. The number of hydrogen-bond acceptors (Lipinski definition) is 2. The van der Waals surface area contributed by atoms with Gasteiger partial charge < -0.3 is 9.84 Å². The van der Waals surface area contributed by atoms with Gasteiger partial charge in [-0.25, -0.2) is 0 Å². The molecule has 1 aliphatic carbocycles. The molecule has 2 nitrogen and oxygen atoms in total. The molecule has 0 bridgehead atoms. The van der Waals surface area contributed by atoms with Crippen LogP contribution in [0.15, 0.2) is 12.1 Å². The minimum Gasteiger partial charge on any atom is -0.505 e. The number of rotatable bonds is 5. The van der Waals surface area contributed by atoms with Crippen molar-refractivity contribution in [1.82, 2.24) is 0 Å². The van der Waals surface area contributed by atoms with Crippen LogP contribution in [-0.4, -0.2) is 11.2 Å². The summed E-state index contributed by atoms with van der Waals surface area (Å²) in [6.45, 7) is 2.06. The van der Waals surface area contributed by atoms with Crippen LogP contribution in [0, 0.1) is 23.5 Å². The molecule has 1 saturated carbocycles. The van der Waals surface area contributed by atoms with E-state index in [0.717, 1.165) is 25.0 Å². The molecule has 1 aliphatic rings. The quantitative estimate of drug-likeness (QED) is 0.751. The van der Waals surface area contributed by atoms with E-state index in [1.807, 2.05) is 0 Å². The highest BCUT2D eigenvalue weighted by atomic mass is 19.3. The van der Waals surface area contributed by atoms with E-state index in [1.165, 1.54) is 0 Å². The van der Waals surface area contributed by atoms with Gasteiger partial charge in [0.15, 0.2) is 11.5 Å². The SMILES string of the molecule is CCCC1CCC(C(F)(F)Oc2ccc(O)c(F)c2F)CC1. The number of ether oxygens (including phenoxy) is 1. The molecule has 1 aromatic rings. The summed E-state index contributed by atoms with van der Waals surface area (Å²) in [6.07, 6.45) is 0.506. The number of benzene rings is 1. The Labute approximate surface area is 127 Å². The van der Waals surface area contributed by atoms with Crippen molar-refractivity contribution < 1.29 is 27.4 Å². The van der Waals surface area contributed by atoms with Gasteiger partial charge in [-0.3, -0.25) is 0 Å². The molecule has 1 aromatic carbocycles. The first kappa shape index (κ1) is 16.9. The molecule has 0 saturated heterocycles. The highest BCUT2D eigenvalue weighted by Gasteiger charge is 2.44. The van der Waals surface area contributed by atoms with Crippen LogP contribution in [0.25, 0.3) is 0 Å². The molecule has 0 amide bonds. The number of aromatic hydroxyl groups is 1. The van der Waals surface area contributed by atoms with Crippen molar-refractivity contribution in [2.45, 2.75) is 51.6 Å². The topological polar surface area (TPSA) is 29.5 Å². The van der Waals surface area contributed by atoms with Crippen LogP contribution < -0.4 is 4.74 Å². The van der Waals surface area contributed by atoms with E-state index >= 15 is 0 Å².